The highest BCUT2D eigenvalue weighted by atomic mass is 16.5. The number of hydrogen-bond acceptors (Lipinski definition) is 3. The van der Waals surface area contributed by atoms with Crippen LogP contribution in [0.4, 0.5) is 0 Å². The minimum Gasteiger partial charge on any atom is -0.848 e. The van der Waals surface area contributed by atoms with Crippen LogP contribution in [0.2, 0.25) is 0 Å². The van der Waals surface area contributed by atoms with Gasteiger partial charge in [-0.05, 0) is 25.2 Å². The van der Waals surface area contributed by atoms with Crippen LogP contribution in [-0.4, -0.2) is 55.9 Å². The Morgan fingerprint density at radius 2 is 1.73 bits per heavy atom. The molecule has 22 heavy (non-hydrogen) atoms. The Morgan fingerprint density at radius 3 is 2.50 bits per heavy atom. The van der Waals surface area contributed by atoms with Crippen molar-refractivity contribution in [2.75, 3.05) is 32.8 Å². The molecule has 2 heterocycles. The minimum atomic E-state index is -0.329. The second-order valence-corrected chi connectivity index (χ2v) is 7.73. The van der Waals surface area contributed by atoms with Gasteiger partial charge in [0.25, 0.3) is 0 Å². The molecule has 1 aliphatic carbocycles. The highest BCUT2D eigenvalue weighted by Crippen LogP contribution is 2.28. The van der Waals surface area contributed by atoms with Gasteiger partial charge in [0.05, 0.1) is 31.8 Å². The summed E-state index contributed by atoms with van der Waals surface area (Å²) in [6.07, 6.45) is 11.2. The normalized spacial score (nSPS) is 35.6. The number of morpholine rings is 1. The number of hydrogen-bond donors (Lipinski definition) is 1. The van der Waals surface area contributed by atoms with Crippen LogP contribution in [0.1, 0.15) is 57.8 Å². The largest absolute Gasteiger partial charge is 0.848 e. The average molecular weight is 310 g/mol. The van der Waals surface area contributed by atoms with E-state index >= 15 is 0 Å². The monoisotopic (exact) mass is 310 g/mol. The van der Waals surface area contributed by atoms with Crippen molar-refractivity contribution in [2.45, 2.75) is 76.0 Å². The summed E-state index contributed by atoms with van der Waals surface area (Å²) in [7, 11) is 0. The van der Waals surface area contributed by atoms with Gasteiger partial charge in [-0.25, -0.2) is 0 Å². The van der Waals surface area contributed by atoms with Crippen LogP contribution in [-0.2, 0) is 4.74 Å². The van der Waals surface area contributed by atoms with E-state index in [0.29, 0.717) is 12.1 Å². The van der Waals surface area contributed by atoms with Crippen molar-refractivity contribution in [3.63, 3.8) is 0 Å². The first-order valence-corrected chi connectivity index (χ1v) is 9.62. The summed E-state index contributed by atoms with van der Waals surface area (Å²) in [6.45, 7) is 5.04. The zero-order chi connectivity index (χ0) is 15.2. The van der Waals surface area contributed by atoms with E-state index in [-0.39, 0.29) is 6.10 Å². The van der Waals surface area contributed by atoms with Crippen LogP contribution < -0.4 is 10.4 Å². The molecule has 0 spiro atoms. The van der Waals surface area contributed by atoms with Gasteiger partial charge >= 0.3 is 0 Å². The van der Waals surface area contributed by atoms with Gasteiger partial charge < -0.3 is 15.2 Å². The molecule has 3 rings (SSSR count). The molecule has 1 saturated carbocycles. The second-order valence-electron chi connectivity index (χ2n) is 7.73. The van der Waals surface area contributed by atoms with Crippen molar-refractivity contribution in [1.82, 2.24) is 4.90 Å². The molecule has 3 fully saturated rings. The Hall–Kier alpha value is -0.160. The van der Waals surface area contributed by atoms with E-state index in [1.807, 2.05) is 0 Å². The van der Waals surface area contributed by atoms with E-state index in [0.717, 1.165) is 58.0 Å². The number of quaternary nitrogens is 1. The molecule has 0 radical (unpaired) electrons. The molecule has 0 aromatic heterocycles. The Morgan fingerprint density at radius 1 is 0.955 bits per heavy atom. The van der Waals surface area contributed by atoms with Gasteiger partial charge in [0.1, 0.15) is 0 Å². The molecule has 3 aliphatic rings. The lowest BCUT2D eigenvalue weighted by atomic mass is 9.83. The fourth-order valence-corrected chi connectivity index (χ4v) is 4.62. The van der Waals surface area contributed by atoms with Crippen LogP contribution in [0.15, 0.2) is 0 Å². The SMILES string of the molecule is [O-]C1CCC(CN2CCOCC2)[NH2+]C1CCC1CCCCC1. The summed E-state index contributed by atoms with van der Waals surface area (Å²) in [5.74, 6) is 0.911. The van der Waals surface area contributed by atoms with E-state index in [1.165, 1.54) is 38.5 Å². The van der Waals surface area contributed by atoms with Crippen molar-refractivity contribution in [2.24, 2.45) is 5.92 Å². The fourth-order valence-electron chi connectivity index (χ4n) is 4.62. The predicted octanol–water partition coefficient (Wildman–Crippen LogP) is 0.502. The molecular weight excluding hydrogens is 276 g/mol. The van der Waals surface area contributed by atoms with Crippen LogP contribution >= 0.6 is 0 Å². The first-order valence-electron chi connectivity index (χ1n) is 9.62. The molecule has 0 bridgehead atoms. The third kappa shape index (κ3) is 4.92. The molecule has 128 valence electrons. The molecule has 4 heteroatoms. The van der Waals surface area contributed by atoms with Crippen LogP contribution in [0, 0.1) is 5.92 Å². The van der Waals surface area contributed by atoms with E-state index < -0.39 is 0 Å². The van der Waals surface area contributed by atoms with Gasteiger partial charge in [-0.1, -0.05) is 44.6 Å². The maximum Gasteiger partial charge on any atom is 0.0989 e. The molecule has 3 unspecified atom stereocenters. The van der Waals surface area contributed by atoms with E-state index in [1.54, 1.807) is 0 Å². The molecule has 0 amide bonds. The average Bonchev–Trinajstić information content (AvgIpc) is 2.57. The Kier molecular flexibility index (Phi) is 6.54. The van der Waals surface area contributed by atoms with Crippen LogP contribution in [0.3, 0.4) is 0 Å². The first kappa shape index (κ1) is 16.7. The number of ether oxygens (including phenoxy) is 1. The molecular formula is C18H34N2O2. The quantitative estimate of drug-likeness (QED) is 0.805. The summed E-state index contributed by atoms with van der Waals surface area (Å²) < 4.78 is 5.43. The molecule has 3 atom stereocenters. The highest BCUT2D eigenvalue weighted by Gasteiger charge is 2.29. The maximum atomic E-state index is 12.3. The lowest BCUT2D eigenvalue weighted by Crippen LogP contribution is -3.00. The lowest BCUT2D eigenvalue weighted by Gasteiger charge is -2.41. The Labute approximate surface area is 135 Å². The van der Waals surface area contributed by atoms with Crippen molar-refractivity contribution < 1.29 is 15.2 Å². The summed E-state index contributed by atoms with van der Waals surface area (Å²) in [5, 5.41) is 14.8. The molecule has 2 aliphatic heterocycles. The molecule has 0 aromatic carbocycles. The lowest BCUT2D eigenvalue weighted by molar-refractivity contribution is -0.756. The topological polar surface area (TPSA) is 52.1 Å². The molecule has 4 nitrogen and oxygen atoms in total. The summed E-state index contributed by atoms with van der Waals surface area (Å²) in [5.41, 5.74) is 0. The van der Waals surface area contributed by atoms with Crippen molar-refractivity contribution >= 4 is 0 Å². The molecule has 2 saturated heterocycles. The molecule has 2 N–H and O–H groups in total. The standard InChI is InChI=1S/C18H33N2O2/c21-18-9-7-16(14-20-10-12-22-13-11-20)19-17(18)8-6-15-4-2-1-3-5-15/h15-19H,1-14H2/q-1/p+1. The highest BCUT2D eigenvalue weighted by molar-refractivity contribution is 4.78. The third-order valence-corrected chi connectivity index (χ3v) is 6.05. The third-order valence-electron chi connectivity index (χ3n) is 6.05. The van der Waals surface area contributed by atoms with Gasteiger partial charge in [0, 0.05) is 13.1 Å². The van der Waals surface area contributed by atoms with Crippen molar-refractivity contribution in [3.05, 3.63) is 0 Å². The zero-order valence-electron chi connectivity index (χ0n) is 14.0. The number of nitrogens with two attached hydrogens (primary N) is 1. The Balaban J connectivity index is 1.41. The predicted molar refractivity (Wildman–Crippen MR) is 85.6 cm³/mol. The van der Waals surface area contributed by atoms with Crippen LogP contribution in [0.5, 0.6) is 0 Å². The second kappa shape index (κ2) is 8.62. The fraction of sp³-hybridized carbons (Fsp3) is 1.00. The summed E-state index contributed by atoms with van der Waals surface area (Å²) >= 11 is 0. The minimum absolute atomic E-state index is 0.329. The van der Waals surface area contributed by atoms with Gasteiger partial charge in [0.2, 0.25) is 0 Å². The number of nitrogens with zero attached hydrogens (tertiary/aromatic N) is 1. The van der Waals surface area contributed by atoms with E-state index in [9.17, 15) is 5.11 Å². The Bertz CT molecular complexity index is 314. The van der Waals surface area contributed by atoms with Gasteiger partial charge in [0.15, 0.2) is 0 Å². The van der Waals surface area contributed by atoms with E-state index in [4.69, 9.17) is 4.74 Å². The number of piperidine rings is 1. The molecule has 0 aromatic rings. The van der Waals surface area contributed by atoms with Gasteiger partial charge in [-0.2, -0.15) is 0 Å². The zero-order valence-corrected chi connectivity index (χ0v) is 14.0. The maximum absolute atomic E-state index is 12.3. The summed E-state index contributed by atoms with van der Waals surface area (Å²) in [4.78, 5) is 2.52. The van der Waals surface area contributed by atoms with Crippen LogP contribution in [0.25, 0.3) is 0 Å². The summed E-state index contributed by atoms with van der Waals surface area (Å²) in [6, 6.07) is 0.973. The van der Waals surface area contributed by atoms with Crippen molar-refractivity contribution in [3.8, 4) is 0 Å². The number of rotatable bonds is 5. The first-order chi connectivity index (χ1) is 10.8. The van der Waals surface area contributed by atoms with Crippen molar-refractivity contribution in [1.29, 1.82) is 0 Å². The van der Waals surface area contributed by atoms with E-state index in [2.05, 4.69) is 10.2 Å². The van der Waals surface area contributed by atoms with Gasteiger partial charge in [-0.3, -0.25) is 4.90 Å². The smallest absolute Gasteiger partial charge is 0.0989 e. The van der Waals surface area contributed by atoms with Gasteiger partial charge in [-0.15, -0.1) is 0 Å².